The number of hydrogen-bond acceptors (Lipinski definition) is 3. The topological polar surface area (TPSA) is 27.7 Å². The Bertz CT molecular complexity index is 830. The monoisotopic (exact) mass is 489 g/mol. The van der Waals surface area contributed by atoms with Crippen LogP contribution in [0.1, 0.15) is 37.5 Å². The zero-order chi connectivity index (χ0) is 24.9. The van der Waals surface area contributed by atoms with Gasteiger partial charge >= 0.3 is 7.57 Å². The fourth-order valence-electron chi connectivity index (χ4n) is 4.46. The van der Waals surface area contributed by atoms with Crippen LogP contribution in [0, 0.1) is 0 Å². The second kappa shape index (κ2) is 14.6. The van der Waals surface area contributed by atoms with E-state index in [1.807, 2.05) is 54.6 Å². The van der Waals surface area contributed by atoms with Gasteiger partial charge in [-0.25, -0.2) is 0 Å². The van der Waals surface area contributed by atoms with Crippen LogP contribution in [0.25, 0.3) is 0 Å². The molecule has 2 radical (unpaired) electrons. The number of rotatable bonds is 15. The summed E-state index contributed by atoms with van der Waals surface area (Å²) in [4.78, 5) is 0. The largest absolute Gasteiger partial charge is 0.373 e. The van der Waals surface area contributed by atoms with Crippen molar-refractivity contribution in [2.45, 2.75) is 57.6 Å². The SMILES string of the molecule is [B][P+]([C@H](C)COCc1ccccc1)([C@H](C)COCc1ccccc1)[C@H](C)COCc1ccccc1. The molecule has 0 aliphatic heterocycles. The van der Waals surface area contributed by atoms with E-state index in [2.05, 4.69) is 57.2 Å². The summed E-state index contributed by atoms with van der Waals surface area (Å²) in [6.45, 7) is 10.4. The molecule has 184 valence electrons. The second-order valence-corrected chi connectivity index (χ2v) is 13.9. The summed E-state index contributed by atoms with van der Waals surface area (Å²) >= 11 is 0. The van der Waals surface area contributed by atoms with Crippen LogP contribution >= 0.6 is 7.14 Å². The quantitative estimate of drug-likeness (QED) is 0.172. The normalized spacial score (nSPS) is 14.4. The highest BCUT2D eigenvalue weighted by molar-refractivity contribution is 7.99. The lowest BCUT2D eigenvalue weighted by atomic mass is 10.2. The fraction of sp³-hybridized carbons (Fsp3) is 0.400. The molecule has 0 aromatic heterocycles. The average molecular weight is 489 g/mol. The maximum absolute atomic E-state index is 7.34. The molecule has 0 aliphatic carbocycles. The molecule has 3 atom stereocenters. The Morgan fingerprint density at radius 3 is 1.03 bits per heavy atom. The van der Waals surface area contributed by atoms with Gasteiger partial charge in [0.05, 0.1) is 56.6 Å². The van der Waals surface area contributed by atoms with Crippen molar-refractivity contribution in [2.24, 2.45) is 0 Å². The minimum Gasteiger partial charge on any atom is -0.373 e. The molecule has 0 heterocycles. The lowest BCUT2D eigenvalue weighted by Crippen LogP contribution is -2.35. The van der Waals surface area contributed by atoms with Crippen LogP contribution in [-0.2, 0) is 34.0 Å². The molecule has 0 unspecified atom stereocenters. The van der Waals surface area contributed by atoms with Crippen LogP contribution < -0.4 is 0 Å². The Balaban J connectivity index is 1.60. The smallest absolute Gasteiger partial charge is 0.366 e. The maximum Gasteiger partial charge on any atom is 0.366 e. The zero-order valence-electron chi connectivity index (χ0n) is 21.4. The minimum absolute atomic E-state index is 0.233. The van der Waals surface area contributed by atoms with Gasteiger partial charge in [0, 0.05) is 0 Å². The predicted molar refractivity (Wildman–Crippen MR) is 149 cm³/mol. The van der Waals surface area contributed by atoms with Crippen molar-refractivity contribution in [3.05, 3.63) is 108 Å². The third kappa shape index (κ3) is 8.58. The summed E-state index contributed by atoms with van der Waals surface area (Å²) < 4.78 is 18.4. The summed E-state index contributed by atoms with van der Waals surface area (Å²) in [6.07, 6.45) is 0. The third-order valence-corrected chi connectivity index (χ3v) is 11.7. The van der Waals surface area contributed by atoms with Gasteiger partial charge in [-0.1, -0.05) is 91.0 Å². The summed E-state index contributed by atoms with van der Waals surface area (Å²) in [5.74, 6) is 0. The van der Waals surface area contributed by atoms with Crippen LogP contribution in [0.5, 0.6) is 0 Å². The molecule has 0 saturated carbocycles. The molecule has 5 heteroatoms. The molecule has 35 heavy (non-hydrogen) atoms. The molecule has 0 amide bonds. The van der Waals surface area contributed by atoms with E-state index in [4.69, 9.17) is 21.8 Å². The Morgan fingerprint density at radius 1 is 0.514 bits per heavy atom. The van der Waals surface area contributed by atoms with Gasteiger partial charge in [0.15, 0.2) is 0 Å². The Kier molecular flexibility index (Phi) is 11.5. The van der Waals surface area contributed by atoms with Crippen molar-refractivity contribution in [1.29, 1.82) is 0 Å². The van der Waals surface area contributed by atoms with E-state index in [1.165, 1.54) is 16.7 Å². The number of ether oxygens (including phenoxy) is 3. The van der Waals surface area contributed by atoms with Gasteiger partial charge in [-0.05, 0) is 44.6 Å². The van der Waals surface area contributed by atoms with Gasteiger partial charge in [-0.3, -0.25) is 0 Å². The van der Waals surface area contributed by atoms with Gasteiger partial charge in [0.2, 0.25) is 0 Å². The van der Waals surface area contributed by atoms with Gasteiger partial charge < -0.3 is 14.2 Å². The van der Waals surface area contributed by atoms with E-state index in [0.717, 1.165) is 0 Å². The Morgan fingerprint density at radius 2 is 0.771 bits per heavy atom. The van der Waals surface area contributed by atoms with E-state index in [0.29, 0.717) is 39.6 Å². The number of benzene rings is 3. The van der Waals surface area contributed by atoms with Crippen LogP contribution in [-0.4, -0.2) is 44.4 Å². The van der Waals surface area contributed by atoms with E-state index in [-0.39, 0.29) is 17.0 Å². The van der Waals surface area contributed by atoms with Crippen molar-refractivity contribution < 1.29 is 14.2 Å². The molecule has 3 aromatic carbocycles. The van der Waals surface area contributed by atoms with Crippen LogP contribution in [0.2, 0.25) is 0 Å². The minimum atomic E-state index is -1.98. The molecule has 0 aliphatic rings. The van der Waals surface area contributed by atoms with Crippen LogP contribution in [0.3, 0.4) is 0 Å². The molecule has 3 nitrogen and oxygen atoms in total. The average Bonchev–Trinajstić information content (AvgIpc) is 2.89. The van der Waals surface area contributed by atoms with Gasteiger partial charge in [0.1, 0.15) is 0 Å². The van der Waals surface area contributed by atoms with E-state index >= 15 is 0 Å². The molecule has 0 bridgehead atoms. The van der Waals surface area contributed by atoms with E-state index < -0.39 is 7.14 Å². The second-order valence-electron chi connectivity index (χ2n) is 9.44. The highest BCUT2D eigenvalue weighted by Gasteiger charge is 2.48. The highest BCUT2D eigenvalue weighted by atomic mass is 31.2. The first-order valence-corrected chi connectivity index (χ1v) is 14.6. The molecule has 0 N–H and O–H groups in total. The Hall–Kier alpha value is -1.97. The van der Waals surface area contributed by atoms with Crippen LogP contribution in [0.4, 0.5) is 0 Å². The van der Waals surface area contributed by atoms with Gasteiger partial charge in [-0.2, -0.15) is 0 Å². The standard InChI is InChI=1S/C30H39BO3P/c1-25(19-32-22-28-13-7-4-8-14-28)35(31,26(2)20-33-23-29-15-9-5-10-16-29)27(3)21-34-24-30-17-11-6-12-18-30/h4-18,25-27H,19-24H2,1-3H3/q+1/t25-,26-,27-/m1/s1. The molecule has 3 aromatic rings. The first-order valence-electron chi connectivity index (χ1n) is 12.5. The van der Waals surface area contributed by atoms with Crippen molar-refractivity contribution in [2.75, 3.05) is 19.8 Å². The summed E-state index contributed by atoms with van der Waals surface area (Å²) in [5, 5.41) is 0. The maximum atomic E-state index is 7.34. The zero-order valence-corrected chi connectivity index (χ0v) is 22.3. The first-order chi connectivity index (χ1) is 17.0. The molecule has 0 spiro atoms. The first kappa shape index (κ1) is 27.6. The molecule has 0 fully saturated rings. The van der Waals surface area contributed by atoms with Crippen LogP contribution in [0.15, 0.2) is 91.0 Å². The van der Waals surface area contributed by atoms with Crippen molar-refractivity contribution in [3.8, 4) is 0 Å². The predicted octanol–water partition coefficient (Wildman–Crippen LogP) is 6.90. The summed E-state index contributed by atoms with van der Waals surface area (Å²) in [5.41, 5.74) is 4.24. The van der Waals surface area contributed by atoms with E-state index in [9.17, 15) is 0 Å². The number of hydrogen-bond donors (Lipinski definition) is 0. The van der Waals surface area contributed by atoms with Crippen molar-refractivity contribution >= 4 is 14.7 Å². The van der Waals surface area contributed by atoms with Gasteiger partial charge in [0.25, 0.3) is 0 Å². The summed E-state index contributed by atoms with van der Waals surface area (Å²) in [6, 6.07) is 30.9. The van der Waals surface area contributed by atoms with Gasteiger partial charge in [-0.15, -0.1) is 0 Å². The van der Waals surface area contributed by atoms with E-state index in [1.54, 1.807) is 0 Å². The van der Waals surface area contributed by atoms with Crippen molar-refractivity contribution in [3.63, 3.8) is 0 Å². The third-order valence-electron chi connectivity index (χ3n) is 6.70. The lowest BCUT2D eigenvalue weighted by Gasteiger charge is -2.39. The lowest BCUT2D eigenvalue weighted by molar-refractivity contribution is 0.112. The molecule has 3 rings (SSSR count). The molecular formula is C30H39BO3P+. The fourth-order valence-corrected chi connectivity index (χ4v) is 8.15. The highest BCUT2D eigenvalue weighted by Crippen LogP contribution is 2.66. The van der Waals surface area contributed by atoms with Crippen molar-refractivity contribution in [1.82, 2.24) is 0 Å². The molecule has 0 saturated heterocycles. The molecular weight excluding hydrogens is 450 g/mol. The summed E-state index contributed by atoms with van der Waals surface area (Å²) in [7, 11) is 5.36. The Labute approximate surface area is 213 Å².